The monoisotopic (exact) mass is 402 g/mol. The van der Waals surface area contributed by atoms with Crippen molar-refractivity contribution >= 4 is 5.69 Å². The maximum atomic E-state index is 14.0. The molecule has 2 fully saturated rings. The summed E-state index contributed by atoms with van der Waals surface area (Å²) >= 11 is 0. The van der Waals surface area contributed by atoms with Crippen molar-refractivity contribution in [2.24, 2.45) is 0 Å². The fourth-order valence-electron chi connectivity index (χ4n) is 4.27. The minimum atomic E-state index is -0.362. The highest BCUT2D eigenvalue weighted by Crippen LogP contribution is 2.24. The molecule has 3 heterocycles. The predicted octanol–water partition coefficient (Wildman–Crippen LogP) is 1.80. The molecule has 7 nitrogen and oxygen atoms in total. The summed E-state index contributed by atoms with van der Waals surface area (Å²) in [6, 6.07) is 6.63. The molecule has 8 heteroatoms. The number of rotatable bonds is 5. The summed E-state index contributed by atoms with van der Waals surface area (Å²) in [6.07, 6.45) is 3.94. The molecule has 0 radical (unpaired) electrons. The van der Waals surface area contributed by atoms with E-state index in [0.717, 1.165) is 37.2 Å². The van der Waals surface area contributed by atoms with Crippen molar-refractivity contribution in [3.8, 4) is 5.75 Å². The van der Waals surface area contributed by atoms with E-state index in [9.17, 15) is 14.3 Å². The van der Waals surface area contributed by atoms with Crippen LogP contribution in [0.4, 0.5) is 10.1 Å². The summed E-state index contributed by atoms with van der Waals surface area (Å²) in [5.41, 5.74) is 1.53. The Labute approximate surface area is 169 Å². The van der Waals surface area contributed by atoms with E-state index in [0.29, 0.717) is 26.1 Å². The Morgan fingerprint density at radius 3 is 2.79 bits per heavy atom. The first-order chi connectivity index (χ1) is 14.0. The number of hydrogen-bond acceptors (Lipinski definition) is 6. The van der Waals surface area contributed by atoms with Gasteiger partial charge in [0.2, 0.25) is 0 Å². The van der Waals surface area contributed by atoms with Crippen molar-refractivity contribution in [2.45, 2.75) is 38.0 Å². The van der Waals surface area contributed by atoms with E-state index < -0.39 is 0 Å². The number of β-amino-alcohol motifs (C(OH)–C–C–N with tert-alkyl or cyclic N) is 1. The average Bonchev–Trinajstić information content (AvgIpc) is 3.15. The van der Waals surface area contributed by atoms with Crippen LogP contribution in [-0.2, 0) is 6.54 Å². The molecule has 2 aliphatic heterocycles. The van der Waals surface area contributed by atoms with Crippen LogP contribution in [0.1, 0.15) is 30.9 Å². The molecule has 0 aliphatic carbocycles. The van der Waals surface area contributed by atoms with Crippen molar-refractivity contribution in [3.05, 3.63) is 52.2 Å². The second kappa shape index (κ2) is 8.51. The Hall–Kier alpha value is -2.45. The molecular weight excluding hydrogens is 375 g/mol. The van der Waals surface area contributed by atoms with Gasteiger partial charge in [0.25, 0.3) is 5.56 Å². The number of nitrogens with zero attached hydrogens (tertiary/aromatic N) is 4. The van der Waals surface area contributed by atoms with Gasteiger partial charge in [0.15, 0.2) is 11.6 Å². The summed E-state index contributed by atoms with van der Waals surface area (Å²) in [4.78, 5) is 16.9. The molecule has 2 aliphatic rings. The van der Waals surface area contributed by atoms with E-state index in [1.807, 2.05) is 11.0 Å². The van der Waals surface area contributed by atoms with Gasteiger partial charge in [-0.15, -0.1) is 0 Å². The van der Waals surface area contributed by atoms with Crippen LogP contribution in [0, 0.1) is 5.82 Å². The van der Waals surface area contributed by atoms with Crippen LogP contribution < -0.4 is 15.2 Å². The molecule has 1 aromatic carbocycles. The van der Waals surface area contributed by atoms with E-state index in [1.165, 1.54) is 13.2 Å². The molecule has 0 amide bonds. The maximum Gasteiger partial charge on any atom is 0.269 e. The Morgan fingerprint density at radius 2 is 2.10 bits per heavy atom. The highest BCUT2D eigenvalue weighted by atomic mass is 19.1. The fraction of sp³-hybridized carbons (Fsp3) is 0.524. The van der Waals surface area contributed by atoms with Gasteiger partial charge >= 0.3 is 0 Å². The molecule has 0 saturated carbocycles. The van der Waals surface area contributed by atoms with Crippen molar-refractivity contribution < 1.29 is 14.2 Å². The zero-order chi connectivity index (χ0) is 20.4. The first-order valence-electron chi connectivity index (χ1n) is 10.1. The lowest BCUT2D eigenvalue weighted by molar-refractivity contribution is 0.160. The van der Waals surface area contributed by atoms with E-state index in [-0.39, 0.29) is 29.3 Å². The summed E-state index contributed by atoms with van der Waals surface area (Å²) in [5, 5.41) is 14.1. The molecular formula is C21H27FN4O3. The minimum Gasteiger partial charge on any atom is -0.494 e. The molecule has 1 unspecified atom stereocenters. The molecule has 29 heavy (non-hydrogen) atoms. The standard InChI is InChI=1S/C21H27FN4O3/c1-29-20-5-4-15(9-19(20)22)12-24-7-2-3-16(13-24)26-21(28)10-17(11-23-26)25-8-6-18(27)14-25/h4-5,9-11,16,18,27H,2-3,6-8,12-14H2,1H3/t16?,18-/m0/s1. The number of anilines is 1. The van der Waals surface area contributed by atoms with Crippen LogP contribution in [0.2, 0.25) is 0 Å². The molecule has 2 aromatic rings. The van der Waals surface area contributed by atoms with Crippen LogP contribution in [0.3, 0.4) is 0 Å². The predicted molar refractivity (Wildman–Crippen MR) is 108 cm³/mol. The molecule has 1 aromatic heterocycles. The van der Waals surface area contributed by atoms with Gasteiger partial charge in [-0.1, -0.05) is 6.07 Å². The Kier molecular flexibility index (Phi) is 5.82. The third kappa shape index (κ3) is 4.43. The van der Waals surface area contributed by atoms with Crippen molar-refractivity contribution in [3.63, 3.8) is 0 Å². The average molecular weight is 402 g/mol. The van der Waals surface area contributed by atoms with E-state index in [4.69, 9.17) is 4.74 Å². The highest BCUT2D eigenvalue weighted by molar-refractivity contribution is 5.44. The number of aliphatic hydroxyl groups excluding tert-OH is 1. The molecule has 0 spiro atoms. The van der Waals surface area contributed by atoms with Gasteiger partial charge in [0.1, 0.15) is 0 Å². The van der Waals surface area contributed by atoms with Crippen LogP contribution in [0.25, 0.3) is 0 Å². The smallest absolute Gasteiger partial charge is 0.269 e. The fourth-order valence-corrected chi connectivity index (χ4v) is 4.27. The number of benzene rings is 1. The molecule has 0 bridgehead atoms. The van der Waals surface area contributed by atoms with Crippen LogP contribution in [0.15, 0.2) is 35.3 Å². The summed E-state index contributed by atoms with van der Waals surface area (Å²) in [7, 11) is 1.45. The first-order valence-corrected chi connectivity index (χ1v) is 10.1. The Bertz CT molecular complexity index is 919. The SMILES string of the molecule is COc1ccc(CN2CCCC(n3ncc(N4CC[C@H](O)C4)cc3=O)C2)cc1F. The zero-order valence-electron chi connectivity index (χ0n) is 16.6. The van der Waals surface area contributed by atoms with Crippen molar-refractivity contribution in [1.29, 1.82) is 0 Å². The molecule has 1 N–H and O–H groups in total. The number of halogens is 1. The number of piperidine rings is 1. The number of aliphatic hydroxyl groups is 1. The zero-order valence-corrected chi connectivity index (χ0v) is 16.6. The number of hydrogen-bond donors (Lipinski definition) is 1. The van der Waals surface area contributed by atoms with Gasteiger partial charge in [-0.25, -0.2) is 9.07 Å². The van der Waals surface area contributed by atoms with Crippen molar-refractivity contribution in [2.75, 3.05) is 38.2 Å². The first kappa shape index (κ1) is 19.8. The minimum absolute atomic E-state index is 0.00226. The number of ether oxygens (including phenoxy) is 1. The Morgan fingerprint density at radius 1 is 1.24 bits per heavy atom. The largest absolute Gasteiger partial charge is 0.494 e. The quantitative estimate of drug-likeness (QED) is 0.823. The maximum absolute atomic E-state index is 14.0. The van der Waals surface area contributed by atoms with Gasteiger partial charge in [-0.05, 0) is 43.5 Å². The van der Waals surface area contributed by atoms with Gasteiger partial charge in [0, 0.05) is 32.2 Å². The normalized spacial score (nSPS) is 22.8. The highest BCUT2D eigenvalue weighted by Gasteiger charge is 2.25. The Balaban J connectivity index is 1.44. The van der Waals surface area contributed by atoms with Crippen LogP contribution >= 0.6 is 0 Å². The topological polar surface area (TPSA) is 70.8 Å². The van der Waals surface area contributed by atoms with E-state index in [2.05, 4.69) is 10.00 Å². The summed E-state index contributed by atoms with van der Waals surface area (Å²) < 4.78 is 20.5. The molecule has 2 atom stereocenters. The third-order valence-corrected chi connectivity index (χ3v) is 5.79. The van der Waals surface area contributed by atoms with Crippen molar-refractivity contribution in [1.82, 2.24) is 14.7 Å². The van der Waals surface area contributed by atoms with E-state index >= 15 is 0 Å². The lowest BCUT2D eigenvalue weighted by Gasteiger charge is -2.33. The lowest BCUT2D eigenvalue weighted by atomic mass is 10.0. The van der Waals surface area contributed by atoms with Gasteiger partial charge < -0.3 is 14.7 Å². The lowest BCUT2D eigenvalue weighted by Crippen LogP contribution is -2.40. The second-order valence-corrected chi connectivity index (χ2v) is 7.89. The summed E-state index contributed by atoms with van der Waals surface area (Å²) in [5.74, 6) is -0.120. The number of methoxy groups -OCH3 is 1. The van der Waals surface area contributed by atoms with Crippen LogP contribution in [-0.4, -0.2) is 59.2 Å². The van der Waals surface area contributed by atoms with Gasteiger partial charge in [-0.3, -0.25) is 9.69 Å². The number of likely N-dealkylation sites (tertiary alicyclic amines) is 1. The van der Waals surface area contributed by atoms with E-state index in [1.54, 1.807) is 23.0 Å². The van der Waals surface area contributed by atoms with Crippen LogP contribution in [0.5, 0.6) is 5.75 Å². The second-order valence-electron chi connectivity index (χ2n) is 7.89. The van der Waals surface area contributed by atoms with Gasteiger partial charge in [-0.2, -0.15) is 5.10 Å². The molecule has 4 rings (SSSR count). The third-order valence-electron chi connectivity index (χ3n) is 5.79. The molecule has 156 valence electrons. The number of aromatic nitrogens is 2. The van der Waals surface area contributed by atoms with Gasteiger partial charge in [0.05, 0.1) is 31.1 Å². The summed E-state index contributed by atoms with van der Waals surface area (Å²) in [6.45, 7) is 3.50. The molecule has 2 saturated heterocycles.